The van der Waals surface area contributed by atoms with E-state index in [0.717, 1.165) is 31.1 Å². The van der Waals surface area contributed by atoms with E-state index in [-0.39, 0.29) is 11.7 Å². The molecule has 2 saturated heterocycles. The number of piperazine rings is 1. The van der Waals surface area contributed by atoms with Gasteiger partial charge >= 0.3 is 0 Å². The molecule has 2 aromatic carbocycles. The van der Waals surface area contributed by atoms with Crippen molar-refractivity contribution in [2.75, 3.05) is 44.2 Å². The average molecular weight is 396 g/mol. The van der Waals surface area contributed by atoms with Crippen LogP contribution in [-0.2, 0) is 6.54 Å². The summed E-state index contributed by atoms with van der Waals surface area (Å²) in [5.74, 6) is 0.634. The van der Waals surface area contributed by atoms with Crippen LogP contribution >= 0.6 is 0 Å². The molecule has 0 aromatic heterocycles. The molecule has 2 fully saturated rings. The second-order valence-corrected chi connectivity index (χ2v) is 8.41. The monoisotopic (exact) mass is 395 g/mol. The molecule has 29 heavy (non-hydrogen) atoms. The summed E-state index contributed by atoms with van der Waals surface area (Å²) in [5.41, 5.74) is 2.62. The number of carbonyl (C=O) groups is 1. The summed E-state index contributed by atoms with van der Waals surface area (Å²) in [6, 6.07) is 14.9. The highest BCUT2D eigenvalue weighted by Crippen LogP contribution is 2.21. The number of amides is 1. The van der Waals surface area contributed by atoms with Crippen LogP contribution in [0.5, 0.6) is 0 Å². The summed E-state index contributed by atoms with van der Waals surface area (Å²) in [4.78, 5) is 19.3. The van der Waals surface area contributed by atoms with Crippen LogP contribution in [-0.4, -0.2) is 55.0 Å². The van der Waals surface area contributed by atoms with Crippen LogP contribution in [0.25, 0.3) is 0 Å². The Hall–Kier alpha value is -2.40. The average Bonchev–Trinajstić information content (AvgIpc) is 2.74. The maximum atomic E-state index is 14.0. The summed E-state index contributed by atoms with van der Waals surface area (Å²) in [6.07, 6.45) is 2.60. The van der Waals surface area contributed by atoms with Crippen LogP contribution in [0, 0.1) is 11.7 Å². The zero-order valence-corrected chi connectivity index (χ0v) is 17.2. The number of halogens is 1. The van der Waals surface area contributed by atoms with Crippen LogP contribution in [0.15, 0.2) is 48.5 Å². The Morgan fingerprint density at radius 3 is 2.41 bits per heavy atom. The van der Waals surface area contributed by atoms with Gasteiger partial charge in [-0.05, 0) is 55.1 Å². The largest absolute Gasteiger partial charge is 0.366 e. The number of piperidine rings is 1. The molecule has 0 unspecified atom stereocenters. The zero-order chi connectivity index (χ0) is 20.2. The molecule has 0 radical (unpaired) electrons. The molecule has 0 N–H and O–H groups in total. The molecule has 4 nitrogen and oxygen atoms in total. The van der Waals surface area contributed by atoms with E-state index in [0.29, 0.717) is 31.9 Å². The van der Waals surface area contributed by atoms with Gasteiger partial charge in [-0.1, -0.05) is 31.2 Å². The fourth-order valence-electron chi connectivity index (χ4n) is 4.48. The van der Waals surface area contributed by atoms with E-state index in [2.05, 4.69) is 24.0 Å². The number of para-hydroxylation sites is 1. The molecule has 1 amide bonds. The summed E-state index contributed by atoms with van der Waals surface area (Å²) in [5, 5.41) is 0. The van der Waals surface area contributed by atoms with Crippen molar-refractivity contribution >= 4 is 11.6 Å². The molecule has 154 valence electrons. The van der Waals surface area contributed by atoms with Gasteiger partial charge in [0.05, 0.1) is 5.69 Å². The van der Waals surface area contributed by atoms with Crippen LogP contribution in [0.4, 0.5) is 10.1 Å². The minimum atomic E-state index is -0.203. The lowest BCUT2D eigenvalue weighted by Gasteiger charge is -2.36. The second kappa shape index (κ2) is 8.95. The van der Waals surface area contributed by atoms with Crippen molar-refractivity contribution in [2.24, 2.45) is 5.92 Å². The van der Waals surface area contributed by atoms with Crippen molar-refractivity contribution < 1.29 is 9.18 Å². The number of rotatable bonds is 4. The van der Waals surface area contributed by atoms with Crippen molar-refractivity contribution in [3.05, 3.63) is 65.5 Å². The second-order valence-electron chi connectivity index (χ2n) is 8.41. The first kappa shape index (κ1) is 19.9. The van der Waals surface area contributed by atoms with Crippen LogP contribution in [0.2, 0.25) is 0 Å². The molecule has 0 saturated carbocycles. The van der Waals surface area contributed by atoms with Gasteiger partial charge in [0.1, 0.15) is 5.82 Å². The highest BCUT2D eigenvalue weighted by Gasteiger charge is 2.23. The fraction of sp³-hybridized carbons (Fsp3) is 0.458. The van der Waals surface area contributed by atoms with E-state index < -0.39 is 0 Å². The Morgan fingerprint density at radius 1 is 1.00 bits per heavy atom. The fourth-order valence-corrected chi connectivity index (χ4v) is 4.48. The molecule has 0 bridgehead atoms. The van der Waals surface area contributed by atoms with Gasteiger partial charge in [0, 0.05) is 44.8 Å². The molecule has 2 aromatic rings. The number of hydrogen-bond donors (Lipinski definition) is 0. The third kappa shape index (κ3) is 4.78. The first-order valence-corrected chi connectivity index (χ1v) is 10.7. The lowest BCUT2D eigenvalue weighted by atomic mass is 9.99. The Balaban J connectivity index is 1.32. The molecule has 2 aliphatic heterocycles. The van der Waals surface area contributed by atoms with Gasteiger partial charge in [-0.3, -0.25) is 9.69 Å². The van der Waals surface area contributed by atoms with Crippen molar-refractivity contribution in [3.63, 3.8) is 0 Å². The van der Waals surface area contributed by atoms with Gasteiger partial charge in [-0.15, -0.1) is 0 Å². The third-order valence-electron chi connectivity index (χ3n) is 6.11. The third-order valence-corrected chi connectivity index (χ3v) is 6.11. The molecule has 2 aliphatic rings. The molecular weight excluding hydrogens is 365 g/mol. The van der Waals surface area contributed by atoms with Gasteiger partial charge in [-0.2, -0.15) is 0 Å². The topological polar surface area (TPSA) is 26.8 Å². The Kier molecular flexibility index (Phi) is 6.14. The smallest absolute Gasteiger partial charge is 0.253 e. The minimum absolute atomic E-state index is 0.0660. The predicted molar refractivity (Wildman–Crippen MR) is 115 cm³/mol. The number of benzene rings is 2. The van der Waals surface area contributed by atoms with Gasteiger partial charge in [-0.25, -0.2) is 4.39 Å². The maximum Gasteiger partial charge on any atom is 0.253 e. The van der Waals surface area contributed by atoms with Crippen LogP contribution in [0.3, 0.4) is 0 Å². The van der Waals surface area contributed by atoms with E-state index >= 15 is 0 Å². The van der Waals surface area contributed by atoms with E-state index in [9.17, 15) is 9.18 Å². The van der Waals surface area contributed by atoms with Gasteiger partial charge in [0.25, 0.3) is 5.91 Å². The van der Waals surface area contributed by atoms with Crippen LogP contribution in [0.1, 0.15) is 35.7 Å². The molecule has 1 atom stereocenters. The minimum Gasteiger partial charge on any atom is -0.366 e. The molecule has 5 heteroatoms. The summed E-state index contributed by atoms with van der Waals surface area (Å²) < 4.78 is 14.0. The van der Waals surface area contributed by atoms with E-state index in [1.807, 2.05) is 28.0 Å². The maximum absolute atomic E-state index is 14.0. The molecule has 2 heterocycles. The number of anilines is 1. The summed E-state index contributed by atoms with van der Waals surface area (Å²) in [6.45, 7) is 8.13. The van der Waals surface area contributed by atoms with Gasteiger partial charge in [0.15, 0.2) is 0 Å². The van der Waals surface area contributed by atoms with Crippen molar-refractivity contribution in [1.82, 2.24) is 9.80 Å². The van der Waals surface area contributed by atoms with E-state index in [1.54, 1.807) is 12.1 Å². The van der Waals surface area contributed by atoms with Crippen LogP contribution < -0.4 is 4.90 Å². The molecular formula is C24H30FN3O. The first-order valence-electron chi connectivity index (χ1n) is 10.7. The van der Waals surface area contributed by atoms with E-state index in [4.69, 9.17) is 0 Å². The summed E-state index contributed by atoms with van der Waals surface area (Å²) >= 11 is 0. The Labute approximate surface area is 172 Å². The molecule has 4 rings (SSSR count). The predicted octanol–water partition coefficient (Wildman–Crippen LogP) is 4.02. The zero-order valence-electron chi connectivity index (χ0n) is 17.2. The van der Waals surface area contributed by atoms with Gasteiger partial charge in [0.2, 0.25) is 0 Å². The summed E-state index contributed by atoms with van der Waals surface area (Å²) in [7, 11) is 0. The van der Waals surface area contributed by atoms with Gasteiger partial charge < -0.3 is 9.80 Å². The highest BCUT2D eigenvalue weighted by molar-refractivity contribution is 5.94. The highest BCUT2D eigenvalue weighted by atomic mass is 19.1. The first-order chi connectivity index (χ1) is 14.1. The number of likely N-dealkylation sites (tertiary alicyclic amines) is 1. The van der Waals surface area contributed by atoms with E-state index in [1.165, 1.54) is 24.5 Å². The number of nitrogens with zero attached hydrogens (tertiary/aromatic N) is 3. The Morgan fingerprint density at radius 2 is 1.72 bits per heavy atom. The normalized spacial score (nSPS) is 20.7. The van der Waals surface area contributed by atoms with Crippen molar-refractivity contribution in [2.45, 2.75) is 26.3 Å². The molecule has 0 spiro atoms. The standard InChI is InChI=1S/C24H30FN3O/c1-19-5-4-12-26(17-19)18-20-8-10-21(11-9-20)24(29)28-15-13-27(14-16-28)23-7-3-2-6-22(23)25/h2-3,6-11,19H,4-5,12-18H2,1H3/t19-/m1/s1. The molecule has 0 aliphatic carbocycles. The lowest BCUT2D eigenvalue weighted by Crippen LogP contribution is -2.49. The lowest BCUT2D eigenvalue weighted by molar-refractivity contribution is 0.0746. The Bertz CT molecular complexity index is 830. The van der Waals surface area contributed by atoms with Crippen molar-refractivity contribution in [3.8, 4) is 0 Å². The number of carbonyl (C=O) groups excluding carboxylic acids is 1. The SMILES string of the molecule is C[C@@H]1CCCN(Cc2ccc(C(=O)N3CCN(c4ccccc4F)CC3)cc2)C1. The quantitative estimate of drug-likeness (QED) is 0.782. The van der Waals surface area contributed by atoms with Crippen molar-refractivity contribution in [1.29, 1.82) is 0 Å². The number of hydrogen-bond acceptors (Lipinski definition) is 3.